The minimum absolute atomic E-state index is 0.110. The number of likely N-dealkylation sites (tertiary alicyclic amines) is 1. The van der Waals surface area contributed by atoms with Crippen LogP contribution in [0.15, 0.2) is 0 Å². The number of nitrogens with one attached hydrogen (secondary N) is 1. The molecule has 1 saturated heterocycles. The van der Waals surface area contributed by atoms with Gasteiger partial charge in [-0.3, -0.25) is 4.79 Å². The normalized spacial score (nSPS) is 17.8. The quantitative estimate of drug-likeness (QED) is 0.635. The summed E-state index contributed by atoms with van der Waals surface area (Å²) in [6.45, 7) is 0.924. The van der Waals surface area contributed by atoms with Crippen molar-refractivity contribution in [2.75, 3.05) is 20.2 Å². The third-order valence-corrected chi connectivity index (χ3v) is 3.04. The van der Waals surface area contributed by atoms with Crippen LogP contribution in [0.5, 0.6) is 0 Å². The molecule has 0 aromatic carbocycles. The van der Waals surface area contributed by atoms with Crippen LogP contribution >= 0.6 is 0 Å². The van der Waals surface area contributed by atoms with Crippen molar-refractivity contribution in [2.24, 2.45) is 0 Å². The summed E-state index contributed by atoms with van der Waals surface area (Å²) in [6, 6.07) is -1.96. The lowest BCUT2D eigenvalue weighted by Crippen LogP contribution is -2.51. The van der Waals surface area contributed by atoms with Gasteiger partial charge in [0.15, 0.2) is 0 Å². The monoisotopic (exact) mass is 274 g/mol. The van der Waals surface area contributed by atoms with E-state index in [4.69, 9.17) is 14.9 Å². The third kappa shape index (κ3) is 4.74. The van der Waals surface area contributed by atoms with E-state index in [0.29, 0.717) is 25.9 Å². The van der Waals surface area contributed by atoms with Crippen molar-refractivity contribution in [3.63, 3.8) is 0 Å². The third-order valence-electron chi connectivity index (χ3n) is 3.04. The maximum atomic E-state index is 11.8. The van der Waals surface area contributed by atoms with Crippen molar-refractivity contribution in [3.05, 3.63) is 0 Å². The molecule has 3 N–H and O–H groups in total. The zero-order valence-electron chi connectivity index (χ0n) is 10.7. The number of hydrogen-bond acceptors (Lipinski definition) is 4. The highest BCUT2D eigenvalue weighted by atomic mass is 16.5. The number of methoxy groups -OCH3 is 1. The second-order valence-corrected chi connectivity index (χ2v) is 4.36. The Morgan fingerprint density at radius 3 is 2.32 bits per heavy atom. The van der Waals surface area contributed by atoms with Crippen LogP contribution in [-0.4, -0.2) is 65.4 Å². The molecular formula is C11H18N2O6. The van der Waals surface area contributed by atoms with Crippen molar-refractivity contribution in [1.29, 1.82) is 0 Å². The van der Waals surface area contributed by atoms with Gasteiger partial charge >= 0.3 is 18.0 Å². The van der Waals surface area contributed by atoms with E-state index < -0.39 is 30.4 Å². The highest BCUT2D eigenvalue weighted by molar-refractivity contribution is 5.86. The van der Waals surface area contributed by atoms with Crippen molar-refractivity contribution in [2.45, 2.75) is 31.4 Å². The maximum Gasteiger partial charge on any atom is 0.326 e. The molecule has 1 aliphatic rings. The van der Waals surface area contributed by atoms with Crippen LogP contribution in [0.2, 0.25) is 0 Å². The Morgan fingerprint density at radius 1 is 1.32 bits per heavy atom. The first-order valence-electron chi connectivity index (χ1n) is 5.97. The molecule has 0 aromatic heterocycles. The predicted octanol–water partition coefficient (Wildman–Crippen LogP) is -0.265. The molecule has 0 spiro atoms. The molecule has 1 aliphatic heterocycles. The highest BCUT2D eigenvalue weighted by Gasteiger charge is 2.27. The molecule has 8 heteroatoms. The van der Waals surface area contributed by atoms with E-state index in [0.717, 1.165) is 0 Å². The Kier molecular flexibility index (Phi) is 5.56. The predicted molar refractivity (Wildman–Crippen MR) is 63.8 cm³/mol. The van der Waals surface area contributed by atoms with E-state index in [2.05, 4.69) is 5.32 Å². The number of carboxylic acids is 2. The minimum atomic E-state index is -1.41. The molecule has 0 unspecified atom stereocenters. The smallest absolute Gasteiger partial charge is 0.326 e. The van der Waals surface area contributed by atoms with Gasteiger partial charge in [0.1, 0.15) is 6.04 Å². The lowest BCUT2D eigenvalue weighted by atomic mass is 10.1. The maximum absolute atomic E-state index is 11.8. The number of aliphatic carboxylic acids is 2. The summed E-state index contributed by atoms with van der Waals surface area (Å²) in [4.78, 5) is 34.6. The Labute approximate surface area is 110 Å². The number of amides is 2. The lowest BCUT2D eigenvalue weighted by Gasteiger charge is -2.31. The van der Waals surface area contributed by atoms with Gasteiger partial charge in [0.25, 0.3) is 0 Å². The molecule has 0 aromatic rings. The lowest BCUT2D eigenvalue weighted by molar-refractivity contribution is -0.145. The summed E-state index contributed by atoms with van der Waals surface area (Å²) in [7, 11) is 1.60. The number of carboxylic acid groups (broad SMARTS) is 2. The molecule has 0 radical (unpaired) electrons. The van der Waals surface area contributed by atoms with Gasteiger partial charge in [-0.2, -0.15) is 0 Å². The molecule has 1 atom stereocenters. The van der Waals surface area contributed by atoms with E-state index in [1.54, 1.807) is 7.11 Å². The molecule has 8 nitrogen and oxygen atoms in total. The average molecular weight is 274 g/mol. The first kappa shape index (κ1) is 15.2. The molecule has 1 heterocycles. The average Bonchev–Trinajstić information content (AvgIpc) is 2.37. The van der Waals surface area contributed by atoms with E-state index >= 15 is 0 Å². The number of carbonyl (C=O) groups is 3. The fraction of sp³-hybridized carbons (Fsp3) is 0.727. The first-order valence-corrected chi connectivity index (χ1v) is 5.97. The van der Waals surface area contributed by atoms with E-state index in [1.165, 1.54) is 4.90 Å². The molecule has 0 bridgehead atoms. The SMILES string of the molecule is COC1CCN(C(=O)N[C@@H](CC(=O)O)C(=O)O)CC1. The van der Waals surface area contributed by atoms with E-state index in [-0.39, 0.29) is 6.10 Å². The summed E-state index contributed by atoms with van der Waals surface area (Å²) >= 11 is 0. The van der Waals surface area contributed by atoms with Gasteiger partial charge in [0.05, 0.1) is 12.5 Å². The molecule has 108 valence electrons. The Hall–Kier alpha value is -1.83. The van der Waals surface area contributed by atoms with Gasteiger partial charge in [-0.15, -0.1) is 0 Å². The number of urea groups is 1. The Morgan fingerprint density at radius 2 is 1.89 bits per heavy atom. The zero-order chi connectivity index (χ0) is 14.4. The molecule has 1 fully saturated rings. The fourth-order valence-electron chi connectivity index (χ4n) is 1.91. The molecule has 0 aliphatic carbocycles. The Bertz CT molecular complexity index is 351. The summed E-state index contributed by atoms with van der Waals surface area (Å²) in [5.41, 5.74) is 0. The van der Waals surface area contributed by atoms with Crippen LogP contribution in [-0.2, 0) is 14.3 Å². The van der Waals surface area contributed by atoms with Crippen LogP contribution in [0.3, 0.4) is 0 Å². The van der Waals surface area contributed by atoms with Gasteiger partial charge < -0.3 is 25.2 Å². The summed E-state index contributed by atoms with van der Waals surface area (Å²) in [5, 5.41) is 19.6. The van der Waals surface area contributed by atoms with Crippen molar-refractivity contribution < 1.29 is 29.3 Å². The minimum Gasteiger partial charge on any atom is -0.481 e. The van der Waals surface area contributed by atoms with Gasteiger partial charge in [0, 0.05) is 20.2 Å². The number of carbonyl (C=O) groups excluding carboxylic acids is 1. The summed E-state index contributed by atoms with van der Waals surface area (Å²) in [6.07, 6.45) is 0.829. The van der Waals surface area contributed by atoms with Gasteiger partial charge in [-0.25, -0.2) is 9.59 Å². The summed E-state index contributed by atoms with van der Waals surface area (Å²) < 4.78 is 5.16. The first-order chi connectivity index (χ1) is 8.93. The number of hydrogen-bond donors (Lipinski definition) is 3. The van der Waals surface area contributed by atoms with Crippen LogP contribution in [0.25, 0.3) is 0 Å². The topological polar surface area (TPSA) is 116 Å². The van der Waals surface area contributed by atoms with Crippen LogP contribution in [0.4, 0.5) is 4.79 Å². The highest BCUT2D eigenvalue weighted by Crippen LogP contribution is 2.13. The standard InChI is InChI=1S/C11H18N2O6/c1-19-7-2-4-13(5-3-7)11(18)12-8(10(16)17)6-9(14)15/h7-8H,2-6H2,1H3,(H,12,18)(H,14,15)(H,16,17)/t8-/m0/s1. The second-order valence-electron chi connectivity index (χ2n) is 4.36. The van der Waals surface area contributed by atoms with Crippen LogP contribution in [0.1, 0.15) is 19.3 Å². The number of rotatable bonds is 5. The van der Waals surface area contributed by atoms with E-state index in [9.17, 15) is 14.4 Å². The second kappa shape index (κ2) is 6.93. The van der Waals surface area contributed by atoms with E-state index in [1.807, 2.05) is 0 Å². The zero-order valence-corrected chi connectivity index (χ0v) is 10.7. The van der Waals surface area contributed by atoms with Crippen molar-refractivity contribution in [3.8, 4) is 0 Å². The molecule has 19 heavy (non-hydrogen) atoms. The summed E-state index contributed by atoms with van der Waals surface area (Å²) in [5.74, 6) is -2.63. The van der Waals surface area contributed by atoms with Crippen LogP contribution in [0, 0.1) is 0 Å². The Balaban J connectivity index is 2.48. The molecule has 2 amide bonds. The number of nitrogens with zero attached hydrogens (tertiary/aromatic N) is 1. The van der Waals surface area contributed by atoms with Gasteiger partial charge in [0.2, 0.25) is 0 Å². The molecule has 1 rings (SSSR count). The molecular weight excluding hydrogens is 256 g/mol. The van der Waals surface area contributed by atoms with Crippen molar-refractivity contribution >= 4 is 18.0 Å². The largest absolute Gasteiger partial charge is 0.481 e. The number of ether oxygens (including phenoxy) is 1. The van der Waals surface area contributed by atoms with Gasteiger partial charge in [-0.1, -0.05) is 0 Å². The molecule has 0 saturated carbocycles. The van der Waals surface area contributed by atoms with Gasteiger partial charge in [-0.05, 0) is 12.8 Å². The van der Waals surface area contributed by atoms with Crippen molar-refractivity contribution in [1.82, 2.24) is 10.2 Å². The fourth-order valence-corrected chi connectivity index (χ4v) is 1.91. The number of piperidine rings is 1. The van der Waals surface area contributed by atoms with Crippen LogP contribution < -0.4 is 5.32 Å².